The standard InChI is InChI=1S/C15H20N2S/c1-9-6-7-10(2)12(8-9)14-17-11(3)13(18-14)15(4,5)16/h6-8H,16H2,1-5H3. The summed E-state index contributed by atoms with van der Waals surface area (Å²) in [6.07, 6.45) is 0. The Kier molecular flexibility index (Phi) is 3.30. The Morgan fingerprint density at radius 2 is 1.83 bits per heavy atom. The van der Waals surface area contributed by atoms with Crippen molar-refractivity contribution in [2.75, 3.05) is 0 Å². The van der Waals surface area contributed by atoms with Gasteiger partial charge in [0.2, 0.25) is 0 Å². The second kappa shape index (κ2) is 4.48. The van der Waals surface area contributed by atoms with E-state index in [9.17, 15) is 0 Å². The molecule has 0 fully saturated rings. The Morgan fingerprint density at radius 1 is 1.17 bits per heavy atom. The molecule has 0 spiro atoms. The molecule has 0 aliphatic heterocycles. The molecule has 96 valence electrons. The maximum atomic E-state index is 6.19. The van der Waals surface area contributed by atoms with Gasteiger partial charge in [-0.1, -0.05) is 17.7 Å². The summed E-state index contributed by atoms with van der Waals surface area (Å²) in [6, 6.07) is 6.47. The third-order valence-corrected chi connectivity index (χ3v) is 4.54. The van der Waals surface area contributed by atoms with Gasteiger partial charge in [0.1, 0.15) is 5.01 Å². The molecule has 0 aliphatic rings. The highest BCUT2D eigenvalue weighted by Crippen LogP contribution is 2.35. The summed E-state index contributed by atoms with van der Waals surface area (Å²) in [5.41, 5.74) is 10.7. The molecule has 2 aromatic rings. The van der Waals surface area contributed by atoms with Gasteiger partial charge in [-0.3, -0.25) is 0 Å². The number of rotatable bonds is 2. The quantitative estimate of drug-likeness (QED) is 0.888. The predicted molar refractivity (Wildman–Crippen MR) is 79.0 cm³/mol. The molecule has 1 aromatic heterocycles. The van der Waals surface area contributed by atoms with Crippen molar-refractivity contribution < 1.29 is 0 Å². The Labute approximate surface area is 113 Å². The van der Waals surface area contributed by atoms with Crippen molar-refractivity contribution in [3.05, 3.63) is 39.9 Å². The van der Waals surface area contributed by atoms with Crippen molar-refractivity contribution in [2.24, 2.45) is 5.73 Å². The summed E-state index contributed by atoms with van der Waals surface area (Å²) >= 11 is 1.71. The minimum Gasteiger partial charge on any atom is -0.321 e. The molecule has 2 nitrogen and oxygen atoms in total. The normalized spacial score (nSPS) is 11.9. The fraction of sp³-hybridized carbons (Fsp3) is 0.400. The summed E-state index contributed by atoms with van der Waals surface area (Å²) < 4.78 is 0. The molecule has 0 amide bonds. The third-order valence-electron chi connectivity index (χ3n) is 3.01. The molecule has 3 heteroatoms. The van der Waals surface area contributed by atoms with Crippen molar-refractivity contribution >= 4 is 11.3 Å². The lowest BCUT2D eigenvalue weighted by molar-refractivity contribution is 0.562. The summed E-state index contributed by atoms with van der Waals surface area (Å²) in [5, 5.41) is 1.07. The Hall–Kier alpha value is -1.19. The predicted octanol–water partition coefficient (Wildman–Crippen LogP) is 3.93. The van der Waals surface area contributed by atoms with E-state index in [-0.39, 0.29) is 5.54 Å². The van der Waals surface area contributed by atoms with Crippen LogP contribution in [-0.2, 0) is 5.54 Å². The van der Waals surface area contributed by atoms with E-state index in [0.717, 1.165) is 10.7 Å². The highest BCUT2D eigenvalue weighted by atomic mass is 32.1. The first-order valence-corrected chi connectivity index (χ1v) is 6.95. The largest absolute Gasteiger partial charge is 0.321 e. The zero-order valence-corrected chi connectivity index (χ0v) is 12.5. The lowest BCUT2D eigenvalue weighted by atomic mass is 10.0. The SMILES string of the molecule is Cc1ccc(C)c(-c2nc(C)c(C(C)(C)N)s2)c1. The first-order chi connectivity index (χ1) is 8.29. The lowest BCUT2D eigenvalue weighted by Crippen LogP contribution is -2.28. The summed E-state index contributed by atoms with van der Waals surface area (Å²) in [6.45, 7) is 10.3. The average molecular weight is 260 g/mol. The van der Waals surface area contributed by atoms with Crippen LogP contribution in [0, 0.1) is 20.8 Å². The number of thiazole rings is 1. The van der Waals surface area contributed by atoms with Crippen LogP contribution in [0.25, 0.3) is 10.6 Å². The number of hydrogen-bond donors (Lipinski definition) is 1. The van der Waals surface area contributed by atoms with Gasteiger partial charge < -0.3 is 5.73 Å². The van der Waals surface area contributed by atoms with Crippen LogP contribution in [0.1, 0.15) is 35.5 Å². The van der Waals surface area contributed by atoms with Gasteiger partial charge in [-0.05, 0) is 46.2 Å². The van der Waals surface area contributed by atoms with Crippen molar-refractivity contribution in [2.45, 2.75) is 40.2 Å². The minimum atomic E-state index is -0.322. The summed E-state index contributed by atoms with van der Waals surface area (Å²) in [4.78, 5) is 5.85. The Balaban J connectivity index is 2.56. The first-order valence-electron chi connectivity index (χ1n) is 6.13. The van der Waals surface area contributed by atoms with Crippen molar-refractivity contribution in [3.63, 3.8) is 0 Å². The highest BCUT2D eigenvalue weighted by molar-refractivity contribution is 7.15. The fourth-order valence-corrected chi connectivity index (χ4v) is 3.24. The van der Waals surface area contributed by atoms with Gasteiger partial charge in [0.15, 0.2) is 0 Å². The highest BCUT2D eigenvalue weighted by Gasteiger charge is 2.22. The number of benzene rings is 1. The molecule has 18 heavy (non-hydrogen) atoms. The van der Waals surface area contributed by atoms with Crippen molar-refractivity contribution in [1.82, 2.24) is 4.98 Å². The lowest BCUT2D eigenvalue weighted by Gasteiger charge is -2.16. The maximum absolute atomic E-state index is 6.19. The summed E-state index contributed by atoms with van der Waals surface area (Å²) in [7, 11) is 0. The van der Waals surface area contributed by atoms with Crippen LogP contribution < -0.4 is 5.73 Å². The minimum absolute atomic E-state index is 0.322. The molecule has 2 rings (SSSR count). The Morgan fingerprint density at radius 3 is 2.39 bits per heavy atom. The second-order valence-corrected chi connectivity index (χ2v) is 6.47. The van der Waals surface area contributed by atoms with E-state index in [4.69, 9.17) is 5.73 Å². The van der Waals surface area contributed by atoms with Gasteiger partial charge in [-0.15, -0.1) is 11.3 Å². The van der Waals surface area contributed by atoms with E-state index < -0.39 is 0 Å². The molecule has 0 saturated carbocycles. The van der Waals surface area contributed by atoms with E-state index >= 15 is 0 Å². The van der Waals surface area contributed by atoms with Gasteiger partial charge in [0.25, 0.3) is 0 Å². The molecule has 1 heterocycles. The molecular weight excluding hydrogens is 240 g/mol. The van der Waals surface area contributed by atoms with E-state index in [1.165, 1.54) is 21.6 Å². The van der Waals surface area contributed by atoms with E-state index in [1.807, 2.05) is 20.8 Å². The van der Waals surface area contributed by atoms with Crippen LogP contribution in [0.3, 0.4) is 0 Å². The molecule has 0 radical (unpaired) electrons. The van der Waals surface area contributed by atoms with Gasteiger partial charge in [-0.2, -0.15) is 0 Å². The molecular formula is C15H20N2S. The van der Waals surface area contributed by atoms with E-state index in [1.54, 1.807) is 11.3 Å². The van der Waals surface area contributed by atoms with Crippen LogP contribution in [0.4, 0.5) is 0 Å². The number of hydrogen-bond acceptors (Lipinski definition) is 3. The maximum Gasteiger partial charge on any atom is 0.124 e. The number of aryl methyl sites for hydroxylation is 3. The molecule has 0 atom stereocenters. The van der Waals surface area contributed by atoms with Crippen LogP contribution in [-0.4, -0.2) is 4.98 Å². The third kappa shape index (κ3) is 2.47. The zero-order chi connectivity index (χ0) is 13.5. The van der Waals surface area contributed by atoms with E-state index in [0.29, 0.717) is 0 Å². The topological polar surface area (TPSA) is 38.9 Å². The Bertz CT molecular complexity index is 577. The molecule has 0 unspecified atom stereocenters. The average Bonchev–Trinajstić information content (AvgIpc) is 2.63. The summed E-state index contributed by atoms with van der Waals surface area (Å²) in [5.74, 6) is 0. The van der Waals surface area contributed by atoms with Crippen molar-refractivity contribution in [1.29, 1.82) is 0 Å². The number of nitrogens with zero attached hydrogens (tertiary/aromatic N) is 1. The van der Waals surface area contributed by atoms with Gasteiger partial charge in [0.05, 0.1) is 5.69 Å². The number of nitrogens with two attached hydrogens (primary N) is 1. The molecule has 0 aliphatic carbocycles. The second-order valence-electron chi connectivity index (χ2n) is 5.47. The van der Waals surface area contributed by atoms with Crippen LogP contribution in [0.5, 0.6) is 0 Å². The monoisotopic (exact) mass is 260 g/mol. The number of aromatic nitrogens is 1. The van der Waals surface area contributed by atoms with Gasteiger partial charge >= 0.3 is 0 Å². The zero-order valence-electron chi connectivity index (χ0n) is 11.7. The molecule has 1 aromatic carbocycles. The first kappa shape index (κ1) is 13.2. The fourth-order valence-electron chi connectivity index (χ4n) is 2.08. The molecule has 2 N–H and O–H groups in total. The molecule has 0 saturated heterocycles. The smallest absolute Gasteiger partial charge is 0.124 e. The van der Waals surface area contributed by atoms with Crippen LogP contribution in [0.2, 0.25) is 0 Å². The van der Waals surface area contributed by atoms with E-state index in [2.05, 4.69) is 37.0 Å². The molecule has 0 bridgehead atoms. The van der Waals surface area contributed by atoms with Gasteiger partial charge in [0, 0.05) is 16.0 Å². The van der Waals surface area contributed by atoms with Crippen LogP contribution >= 0.6 is 11.3 Å². The van der Waals surface area contributed by atoms with Crippen LogP contribution in [0.15, 0.2) is 18.2 Å². The van der Waals surface area contributed by atoms with Crippen molar-refractivity contribution in [3.8, 4) is 10.6 Å². The van der Waals surface area contributed by atoms with Gasteiger partial charge in [-0.25, -0.2) is 4.98 Å².